The fraction of sp³-hybridized carbons (Fsp3) is 0.286. The molecule has 0 aliphatic carbocycles. The molecule has 1 heterocycles. The van der Waals surface area contributed by atoms with Crippen molar-refractivity contribution in [1.29, 1.82) is 5.26 Å². The standard InChI is InChI=1S/C21H21N3O4S/c1-3-28-19-10-15(6-9-18(19)27-2)21(26)24-13-29-12-17(24)20(25)23-16-7-4-14(11-22)5-8-16/h4-10,17H,3,12-13H2,1-2H3,(H,23,25). The molecule has 1 atom stereocenters. The molecule has 1 unspecified atom stereocenters. The van der Waals surface area contributed by atoms with Gasteiger partial charge >= 0.3 is 0 Å². The maximum atomic E-state index is 13.1. The normalized spacial score (nSPS) is 15.5. The lowest BCUT2D eigenvalue weighted by atomic mass is 10.1. The summed E-state index contributed by atoms with van der Waals surface area (Å²) in [4.78, 5) is 27.4. The molecule has 1 aliphatic heterocycles. The second-order valence-electron chi connectivity index (χ2n) is 6.27. The van der Waals surface area contributed by atoms with Crippen molar-refractivity contribution in [3.05, 3.63) is 53.6 Å². The van der Waals surface area contributed by atoms with E-state index in [1.54, 1.807) is 54.5 Å². The molecule has 2 aromatic rings. The van der Waals surface area contributed by atoms with E-state index >= 15 is 0 Å². The highest BCUT2D eigenvalue weighted by molar-refractivity contribution is 7.99. The van der Waals surface area contributed by atoms with Gasteiger partial charge in [-0.2, -0.15) is 5.26 Å². The molecule has 3 rings (SSSR count). The quantitative estimate of drug-likeness (QED) is 0.785. The second-order valence-corrected chi connectivity index (χ2v) is 7.27. The van der Waals surface area contributed by atoms with Crippen molar-refractivity contribution >= 4 is 29.3 Å². The zero-order valence-corrected chi connectivity index (χ0v) is 17.0. The van der Waals surface area contributed by atoms with Crippen LogP contribution in [-0.4, -0.2) is 48.1 Å². The molecule has 2 amide bonds. The number of carbonyl (C=O) groups excluding carboxylic acids is 2. The van der Waals surface area contributed by atoms with E-state index in [0.29, 0.717) is 46.5 Å². The zero-order chi connectivity index (χ0) is 20.8. The Kier molecular flexibility index (Phi) is 6.62. The third kappa shape index (κ3) is 4.63. The molecular formula is C21H21N3O4S. The Balaban J connectivity index is 1.75. The molecule has 7 nitrogen and oxygen atoms in total. The predicted octanol–water partition coefficient (Wildman–Crippen LogP) is 3.12. The summed E-state index contributed by atoms with van der Waals surface area (Å²) in [6.45, 7) is 2.30. The van der Waals surface area contributed by atoms with Crippen LogP contribution in [0.25, 0.3) is 0 Å². The fourth-order valence-corrected chi connectivity index (χ4v) is 4.11. The van der Waals surface area contributed by atoms with Crippen LogP contribution in [0.2, 0.25) is 0 Å². The largest absolute Gasteiger partial charge is 0.493 e. The Hall–Kier alpha value is -3.18. The highest BCUT2D eigenvalue weighted by atomic mass is 32.2. The van der Waals surface area contributed by atoms with Crippen molar-refractivity contribution in [3.8, 4) is 17.6 Å². The van der Waals surface area contributed by atoms with Gasteiger partial charge in [-0.25, -0.2) is 0 Å². The van der Waals surface area contributed by atoms with E-state index in [1.165, 1.54) is 11.8 Å². The van der Waals surface area contributed by atoms with Gasteiger partial charge < -0.3 is 19.7 Å². The number of hydrogen-bond donors (Lipinski definition) is 1. The van der Waals surface area contributed by atoms with Crippen LogP contribution in [0.4, 0.5) is 5.69 Å². The Labute approximate surface area is 173 Å². The summed E-state index contributed by atoms with van der Waals surface area (Å²) in [6.07, 6.45) is 0. The van der Waals surface area contributed by atoms with Gasteiger partial charge in [-0.05, 0) is 49.4 Å². The second kappa shape index (κ2) is 9.34. The maximum Gasteiger partial charge on any atom is 0.255 e. The van der Waals surface area contributed by atoms with Crippen molar-refractivity contribution in [2.45, 2.75) is 13.0 Å². The number of anilines is 1. The number of nitrogens with zero attached hydrogens (tertiary/aromatic N) is 2. The minimum absolute atomic E-state index is 0.237. The minimum Gasteiger partial charge on any atom is -0.493 e. The third-order valence-corrected chi connectivity index (χ3v) is 5.45. The monoisotopic (exact) mass is 411 g/mol. The van der Waals surface area contributed by atoms with Gasteiger partial charge in [-0.3, -0.25) is 9.59 Å². The van der Waals surface area contributed by atoms with Crippen molar-refractivity contribution in [3.63, 3.8) is 0 Å². The molecule has 150 valence electrons. The number of rotatable bonds is 6. The van der Waals surface area contributed by atoms with E-state index in [9.17, 15) is 9.59 Å². The molecule has 0 aromatic heterocycles. The van der Waals surface area contributed by atoms with E-state index in [1.807, 2.05) is 13.0 Å². The molecule has 8 heteroatoms. The van der Waals surface area contributed by atoms with E-state index in [4.69, 9.17) is 14.7 Å². The topological polar surface area (TPSA) is 91.7 Å². The minimum atomic E-state index is -0.583. The molecular weight excluding hydrogens is 390 g/mol. The van der Waals surface area contributed by atoms with Crippen molar-refractivity contribution in [2.24, 2.45) is 0 Å². The SMILES string of the molecule is CCOc1cc(C(=O)N2CSCC2C(=O)Nc2ccc(C#N)cc2)ccc1OC. The molecule has 0 radical (unpaired) electrons. The maximum absolute atomic E-state index is 13.1. The van der Waals surface area contributed by atoms with Crippen LogP contribution in [0, 0.1) is 11.3 Å². The number of thioether (sulfide) groups is 1. The van der Waals surface area contributed by atoms with E-state index < -0.39 is 6.04 Å². The first kappa shape index (κ1) is 20.6. The summed E-state index contributed by atoms with van der Waals surface area (Å²) in [5.41, 5.74) is 1.54. The summed E-state index contributed by atoms with van der Waals surface area (Å²) in [5.74, 6) is 1.49. The summed E-state index contributed by atoms with van der Waals surface area (Å²) >= 11 is 1.53. The summed E-state index contributed by atoms with van der Waals surface area (Å²) in [5, 5.41) is 11.7. The average molecular weight is 411 g/mol. The molecule has 1 fully saturated rings. The lowest BCUT2D eigenvalue weighted by molar-refractivity contribution is -0.119. The Morgan fingerprint density at radius 1 is 1.24 bits per heavy atom. The number of benzene rings is 2. The van der Waals surface area contributed by atoms with Gasteiger partial charge in [0.1, 0.15) is 6.04 Å². The number of nitriles is 1. The van der Waals surface area contributed by atoms with Crippen LogP contribution < -0.4 is 14.8 Å². The molecule has 0 spiro atoms. The first-order valence-corrected chi connectivity index (χ1v) is 10.2. The van der Waals surface area contributed by atoms with Crippen LogP contribution in [0.3, 0.4) is 0 Å². The Morgan fingerprint density at radius 3 is 2.66 bits per heavy atom. The lowest BCUT2D eigenvalue weighted by Crippen LogP contribution is -2.44. The number of carbonyl (C=O) groups is 2. The molecule has 1 N–H and O–H groups in total. The van der Waals surface area contributed by atoms with Crippen LogP contribution in [0.1, 0.15) is 22.8 Å². The van der Waals surface area contributed by atoms with Gasteiger partial charge in [-0.1, -0.05) is 0 Å². The number of methoxy groups -OCH3 is 1. The van der Waals surface area contributed by atoms with E-state index in [2.05, 4.69) is 5.32 Å². The first-order chi connectivity index (χ1) is 14.1. The fourth-order valence-electron chi connectivity index (χ4n) is 2.96. The van der Waals surface area contributed by atoms with Crippen LogP contribution in [0.5, 0.6) is 11.5 Å². The van der Waals surface area contributed by atoms with Crippen LogP contribution in [0.15, 0.2) is 42.5 Å². The van der Waals surface area contributed by atoms with Gasteiger partial charge in [-0.15, -0.1) is 11.8 Å². The van der Waals surface area contributed by atoms with Gasteiger partial charge in [0.15, 0.2) is 11.5 Å². The van der Waals surface area contributed by atoms with E-state index in [-0.39, 0.29) is 11.8 Å². The highest BCUT2D eigenvalue weighted by Gasteiger charge is 2.35. The smallest absolute Gasteiger partial charge is 0.255 e. The van der Waals surface area contributed by atoms with Crippen LogP contribution in [-0.2, 0) is 4.79 Å². The van der Waals surface area contributed by atoms with Gasteiger partial charge in [0.25, 0.3) is 5.91 Å². The molecule has 29 heavy (non-hydrogen) atoms. The average Bonchev–Trinajstić information content (AvgIpc) is 3.24. The number of nitrogens with one attached hydrogen (secondary N) is 1. The van der Waals surface area contributed by atoms with Crippen molar-refractivity contribution in [1.82, 2.24) is 4.90 Å². The Bertz CT molecular complexity index is 940. The first-order valence-electron chi connectivity index (χ1n) is 9.08. The van der Waals surface area contributed by atoms with Crippen LogP contribution >= 0.6 is 11.8 Å². The van der Waals surface area contributed by atoms with Crippen molar-refractivity contribution in [2.75, 3.05) is 30.7 Å². The van der Waals surface area contributed by atoms with E-state index in [0.717, 1.165) is 0 Å². The number of hydrogen-bond acceptors (Lipinski definition) is 6. The summed E-state index contributed by atoms with van der Waals surface area (Å²) < 4.78 is 10.8. The number of amides is 2. The molecule has 1 saturated heterocycles. The van der Waals surface area contributed by atoms with Crippen molar-refractivity contribution < 1.29 is 19.1 Å². The summed E-state index contributed by atoms with van der Waals surface area (Å²) in [7, 11) is 1.54. The van der Waals surface area contributed by atoms with Gasteiger partial charge in [0.2, 0.25) is 5.91 Å². The highest BCUT2D eigenvalue weighted by Crippen LogP contribution is 2.30. The zero-order valence-electron chi connectivity index (χ0n) is 16.2. The Morgan fingerprint density at radius 2 is 2.00 bits per heavy atom. The molecule has 1 aliphatic rings. The molecule has 0 saturated carbocycles. The van der Waals surface area contributed by atoms with Gasteiger partial charge in [0, 0.05) is 17.0 Å². The molecule has 2 aromatic carbocycles. The summed E-state index contributed by atoms with van der Waals surface area (Å²) in [6, 6.07) is 13.1. The third-order valence-electron chi connectivity index (χ3n) is 4.44. The van der Waals surface area contributed by atoms with Gasteiger partial charge in [0.05, 0.1) is 31.2 Å². The lowest BCUT2D eigenvalue weighted by Gasteiger charge is -2.23. The number of ether oxygens (including phenoxy) is 2. The molecule has 0 bridgehead atoms. The predicted molar refractivity (Wildman–Crippen MR) is 111 cm³/mol.